The molecule has 1 aliphatic heterocycles. The van der Waals surface area contributed by atoms with Gasteiger partial charge in [-0.3, -0.25) is 9.78 Å². The summed E-state index contributed by atoms with van der Waals surface area (Å²) in [7, 11) is 0. The van der Waals surface area contributed by atoms with Gasteiger partial charge in [0.05, 0.1) is 12.1 Å². The molecule has 1 aliphatic rings. The molecule has 122 valence electrons. The van der Waals surface area contributed by atoms with Crippen LogP contribution in [0.5, 0.6) is 5.75 Å². The van der Waals surface area contributed by atoms with Crippen LogP contribution in [0.4, 0.5) is 0 Å². The maximum Gasteiger partial charge on any atom is 0.256 e. The molecule has 1 saturated heterocycles. The molecule has 3 heterocycles. The number of piperidine rings is 1. The largest absolute Gasteiger partial charge is 0.488 e. The number of fused-ring (bicyclic) bond motifs is 1. The molecule has 1 fully saturated rings. The van der Waals surface area contributed by atoms with Gasteiger partial charge in [-0.1, -0.05) is 18.2 Å². The maximum atomic E-state index is 12.9. The van der Waals surface area contributed by atoms with E-state index in [1.807, 2.05) is 41.3 Å². The molecule has 1 N–H and O–H groups in total. The normalized spacial score (nSPS) is 17.8. The number of nitrogens with one attached hydrogen (secondary N) is 1. The molecule has 1 aromatic carbocycles. The Morgan fingerprint density at radius 3 is 2.92 bits per heavy atom. The van der Waals surface area contributed by atoms with Crippen molar-refractivity contribution < 1.29 is 9.53 Å². The molecule has 0 radical (unpaired) electrons. The van der Waals surface area contributed by atoms with E-state index in [1.165, 1.54) is 0 Å². The van der Waals surface area contributed by atoms with Crippen molar-refractivity contribution >= 4 is 16.8 Å². The molecule has 1 atom stereocenters. The Morgan fingerprint density at radius 1 is 1.21 bits per heavy atom. The molecular formula is C19H19N3O2. The zero-order valence-corrected chi connectivity index (χ0v) is 13.3. The number of carbonyl (C=O) groups excluding carboxylic acids is 1. The number of benzene rings is 1. The van der Waals surface area contributed by atoms with Gasteiger partial charge in [-0.2, -0.15) is 0 Å². The Labute approximate surface area is 140 Å². The molecule has 0 spiro atoms. The van der Waals surface area contributed by atoms with Crippen molar-refractivity contribution in [3.63, 3.8) is 0 Å². The lowest BCUT2D eigenvalue weighted by molar-refractivity contribution is 0.0539. The number of likely N-dealkylation sites (tertiary alicyclic amines) is 1. The number of hydrogen-bond acceptors (Lipinski definition) is 3. The number of ether oxygens (including phenoxy) is 1. The van der Waals surface area contributed by atoms with E-state index < -0.39 is 0 Å². The van der Waals surface area contributed by atoms with Gasteiger partial charge in [0, 0.05) is 36.0 Å². The Morgan fingerprint density at radius 2 is 2.04 bits per heavy atom. The zero-order valence-electron chi connectivity index (χ0n) is 13.3. The van der Waals surface area contributed by atoms with Crippen LogP contribution in [0.1, 0.15) is 23.2 Å². The lowest BCUT2D eigenvalue weighted by Gasteiger charge is -2.32. The molecule has 0 bridgehead atoms. The van der Waals surface area contributed by atoms with Crippen molar-refractivity contribution in [3.8, 4) is 5.75 Å². The molecule has 2 aromatic heterocycles. The molecule has 24 heavy (non-hydrogen) atoms. The van der Waals surface area contributed by atoms with Crippen LogP contribution >= 0.6 is 0 Å². The highest BCUT2D eigenvalue weighted by Crippen LogP contribution is 2.23. The fraction of sp³-hybridized carbons (Fsp3) is 0.263. The lowest BCUT2D eigenvalue weighted by atomic mass is 10.1. The average molecular weight is 321 g/mol. The van der Waals surface area contributed by atoms with Gasteiger partial charge in [0.1, 0.15) is 11.9 Å². The summed E-state index contributed by atoms with van der Waals surface area (Å²) in [6.45, 7) is 1.38. The van der Waals surface area contributed by atoms with E-state index in [0.29, 0.717) is 6.54 Å². The number of H-pyrrole nitrogens is 1. The second-order valence-electron chi connectivity index (χ2n) is 6.06. The highest BCUT2D eigenvalue weighted by atomic mass is 16.5. The topological polar surface area (TPSA) is 58.2 Å². The van der Waals surface area contributed by atoms with E-state index >= 15 is 0 Å². The fourth-order valence-electron chi connectivity index (χ4n) is 3.25. The van der Waals surface area contributed by atoms with Crippen LogP contribution in [-0.2, 0) is 0 Å². The average Bonchev–Trinajstić information content (AvgIpc) is 3.06. The number of para-hydroxylation sites is 1. The van der Waals surface area contributed by atoms with E-state index in [0.717, 1.165) is 41.6 Å². The number of hydrogen-bond donors (Lipinski definition) is 1. The fourth-order valence-corrected chi connectivity index (χ4v) is 3.25. The summed E-state index contributed by atoms with van der Waals surface area (Å²) in [4.78, 5) is 22.0. The van der Waals surface area contributed by atoms with Crippen molar-refractivity contribution in [2.24, 2.45) is 0 Å². The lowest BCUT2D eigenvalue weighted by Crippen LogP contribution is -2.44. The number of nitrogens with zero attached hydrogens (tertiary/aromatic N) is 2. The van der Waals surface area contributed by atoms with Crippen LogP contribution in [-0.4, -0.2) is 40.0 Å². The van der Waals surface area contributed by atoms with E-state index in [-0.39, 0.29) is 12.0 Å². The molecule has 4 rings (SSSR count). The van der Waals surface area contributed by atoms with E-state index in [2.05, 4.69) is 9.97 Å². The first kappa shape index (κ1) is 14.8. The number of aromatic amines is 1. The van der Waals surface area contributed by atoms with Crippen LogP contribution in [0.15, 0.2) is 55.0 Å². The summed E-state index contributed by atoms with van der Waals surface area (Å²) in [5, 5.41) is 0.972. The standard InChI is InChI=1S/C19H19N3O2/c23-19(17-12-21-18-6-2-1-5-16(17)18)22-11-3-4-15(13-22)24-14-7-9-20-10-8-14/h1-2,5-10,12,15,21H,3-4,11,13H2. The van der Waals surface area contributed by atoms with Crippen molar-refractivity contribution in [3.05, 3.63) is 60.6 Å². The Bertz CT molecular complexity index is 844. The molecule has 0 aliphatic carbocycles. The second kappa shape index (κ2) is 6.35. The SMILES string of the molecule is O=C(c1c[nH]c2ccccc12)N1CCCC(Oc2ccncc2)C1. The van der Waals surface area contributed by atoms with Crippen LogP contribution in [0.2, 0.25) is 0 Å². The van der Waals surface area contributed by atoms with Gasteiger partial charge in [0.25, 0.3) is 5.91 Å². The third-order valence-electron chi connectivity index (χ3n) is 4.44. The molecule has 5 heteroatoms. The molecular weight excluding hydrogens is 302 g/mol. The predicted molar refractivity (Wildman–Crippen MR) is 92.1 cm³/mol. The van der Waals surface area contributed by atoms with Gasteiger partial charge in [-0.25, -0.2) is 0 Å². The van der Waals surface area contributed by atoms with Crippen LogP contribution in [0, 0.1) is 0 Å². The molecule has 1 amide bonds. The molecule has 5 nitrogen and oxygen atoms in total. The van der Waals surface area contributed by atoms with Gasteiger partial charge in [-0.15, -0.1) is 0 Å². The predicted octanol–water partition coefficient (Wildman–Crippen LogP) is 3.25. The Kier molecular flexibility index (Phi) is 3.91. The smallest absolute Gasteiger partial charge is 0.256 e. The van der Waals surface area contributed by atoms with Crippen molar-refractivity contribution in [2.45, 2.75) is 18.9 Å². The quantitative estimate of drug-likeness (QED) is 0.805. The van der Waals surface area contributed by atoms with E-state index in [1.54, 1.807) is 18.6 Å². The zero-order chi connectivity index (χ0) is 16.4. The van der Waals surface area contributed by atoms with E-state index in [9.17, 15) is 4.79 Å². The first-order chi connectivity index (χ1) is 11.8. The molecule has 3 aromatic rings. The van der Waals surface area contributed by atoms with Crippen molar-refractivity contribution in [2.75, 3.05) is 13.1 Å². The van der Waals surface area contributed by atoms with Crippen LogP contribution in [0.25, 0.3) is 10.9 Å². The Balaban J connectivity index is 1.50. The summed E-state index contributed by atoms with van der Waals surface area (Å²) >= 11 is 0. The summed E-state index contributed by atoms with van der Waals surface area (Å²) in [6.07, 6.45) is 7.17. The monoisotopic (exact) mass is 321 g/mol. The van der Waals surface area contributed by atoms with Crippen molar-refractivity contribution in [1.29, 1.82) is 0 Å². The van der Waals surface area contributed by atoms with Crippen LogP contribution < -0.4 is 4.74 Å². The highest BCUT2D eigenvalue weighted by Gasteiger charge is 2.27. The van der Waals surface area contributed by atoms with Gasteiger partial charge in [0.2, 0.25) is 0 Å². The number of amides is 1. The first-order valence-corrected chi connectivity index (χ1v) is 8.23. The maximum absolute atomic E-state index is 12.9. The minimum absolute atomic E-state index is 0.0234. The minimum atomic E-state index is 0.0234. The highest BCUT2D eigenvalue weighted by molar-refractivity contribution is 6.06. The first-order valence-electron chi connectivity index (χ1n) is 8.23. The summed E-state index contributed by atoms with van der Waals surface area (Å²) in [5.41, 5.74) is 1.72. The minimum Gasteiger partial charge on any atom is -0.488 e. The van der Waals surface area contributed by atoms with Gasteiger partial charge < -0.3 is 14.6 Å². The number of rotatable bonds is 3. The Hall–Kier alpha value is -2.82. The van der Waals surface area contributed by atoms with Crippen molar-refractivity contribution in [1.82, 2.24) is 14.9 Å². The second-order valence-corrected chi connectivity index (χ2v) is 6.06. The third-order valence-corrected chi connectivity index (χ3v) is 4.44. The third kappa shape index (κ3) is 2.85. The number of pyridine rings is 1. The summed E-state index contributed by atoms with van der Waals surface area (Å²) in [5.74, 6) is 0.867. The van der Waals surface area contributed by atoms with Crippen LogP contribution in [0.3, 0.4) is 0 Å². The van der Waals surface area contributed by atoms with Gasteiger partial charge in [0.15, 0.2) is 0 Å². The van der Waals surface area contributed by atoms with Gasteiger partial charge in [-0.05, 0) is 31.0 Å². The molecule has 1 unspecified atom stereocenters. The number of aromatic nitrogens is 2. The number of carbonyl (C=O) groups is 1. The van der Waals surface area contributed by atoms with Gasteiger partial charge >= 0.3 is 0 Å². The van der Waals surface area contributed by atoms with E-state index in [4.69, 9.17) is 4.74 Å². The summed E-state index contributed by atoms with van der Waals surface area (Å²) in [6, 6.07) is 11.6. The molecule has 0 saturated carbocycles. The summed E-state index contributed by atoms with van der Waals surface area (Å²) < 4.78 is 6.00.